The van der Waals surface area contributed by atoms with Gasteiger partial charge in [-0.2, -0.15) is 4.98 Å². The summed E-state index contributed by atoms with van der Waals surface area (Å²) in [6.45, 7) is 5.01. The predicted molar refractivity (Wildman–Crippen MR) is 75.1 cm³/mol. The molecule has 1 saturated heterocycles. The molecule has 1 aliphatic heterocycles. The Labute approximate surface area is 118 Å². The van der Waals surface area contributed by atoms with Gasteiger partial charge in [-0.25, -0.2) is 4.98 Å². The van der Waals surface area contributed by atoms with Crippen molar-refractivity contribution in [3.63, 3.8) is 0 Å². The molecule has 1 aromatic rings. The number of anilines is 2. The summed E-state index contributed by atoms with van der Waals surface area (Å²) in [5, 5.41) is 8.95. The van der Waals surface area contributed by atoms with Gasteiger partial charge in [0, 0.05) is 32.9 Å². The van der Waals surface area contributed by atoms with E-state index in [1.807, 2.05) is 11.9 Å². The molecular formula is C13H20N4O3. The van der Waals surface area contributed by atoms with Crippen LogP contribution in [0, 0.1) is 5.92 Å². The fourth-order valence-corrected chi connectivity index (χ4v) is 2.05. The lowest BCUT2D eigenvalue weighted by Crippen LogP contribution is -2.37. The number of nitrogens with zero attached hydrogens (tertiary/aromatic N) is 4. The molecular weight excluding hydrogens is 260 g/mol. The van der Waals surface area contributed by atoms with Crippen LogP contribution in [0.4, 0.5) is 11.8 Å². The molecule has 0 radical (unpaired) electrons. The zero-order chi connectivity index (χ0) is 14.5. The van der Waals surface area contributed by atoms with Crippen LogP contribution in [0.15, 0.2) is 12.3 Å². The van der Waals surface area contributed by atoms with Gasteiger partial charge in [0.1, 0.15) is 5.82 Å². The van der Waals surface area contributed by atoms with Crippen LogP contribution in [0.5, 0.6) is 0 Å². The van der Waals surface area contributed by atoms with E-state index in [4.69, 9.17) is 9.84 Å². The van der Waals surface area contributed by atoms with Crippen molar-refractivity contribution in [2.75, 3.05) is 49.7 Å². The minimum atomic E-state index is -0.806. The van der Waals surface area contributed by atoms with E-state index in [-0.39, 0.29) is 0 Å². The molecule has 2 heterocycles. The van der Waals surface area contributed by atoms with Gasteiger partial charge >= 0.3 is 5.97 Å². The molecule has 1 aromatic heterocycles. The number of carboxylic acid groups (broad SMARTS) is 1. The van der Waals surface area contributed by atoms with Gasteiger partial charge in [-0.1, -0.05) is 6.92 Å². The van der Waals surface area contributed by atoms with E-state index in [0.717, 1.165) is 18.9 Å². The summed E-state index contributed by atoms with van der Waals surface area (Å²) in [5.74, 6) is 0.149. The third-order valence-electron chi connectivity index (χ3n) is 3.28. The lowest BCUT2D eigenvalue weighted by molar-refractivity contribution is -0.140. The summed E-state index contributed by atoms with van der Waals surface area (Å²) in [7, 11) is 1.84. The third-order valence-corrected chi connectivity index (χ3v) is 3.28. The average molecular weight is 280 g/mol. The Balaban J connectivity index is 2.06. The third kappa shape index (κ3) is 3.57. The molecule has 0 bridgehead atoms. The smallest absolute Gasteiger partial charge is 0.308 e. The summed E-state index contributed by atoms with van der Waals surface area (Å²) in [5.41, 5.74) is 0. The molecule has 0 saturated carbocycles. The van der Waals surface area contributed by atoms with Crippen LogP contribution in [0.2, 0.25) is 0 Å². The van der Waals surface area contributed by atoms with E-state index in [1.165, 1.54) is 0 Å². The maximum atomic E-state index is 10.9. The van der Waals surface area contributed by atoms with Gasteiger partial charge in [0.25, 0.3) is 0 Å². The number of carboxylic acids is 1. The SMILES string of the molecule is CC(CN(C)c1ccnc(N2CCOCC2)n1)C(=O)O. The molecule has 1 atom stereocenters. The second-order valence-electron chi connectivity index (χ2n) is 4.93. The highest BCUT2D eigenvalue weighted by molar-refractivity contribution is 5.70. The summed E-state index contributed by atoms with van der Waals surface area (Å²) >= 11 is 0. The van der Waals surface area contributed by atoms with Gasteiger partial charge in [-0.05, 0) is 6.07 Å². The zero-order valence-corrected chi connectivity index (χ0v) is 11.8. The van der Waals surface area contributed by atoms with Gasteiger partial charge < -0.3 is 19.6 Å². The average Bonchev–Trinajstić information content (AvgIpc) is 2.48. The molecule has 110 valence electrons. The number of aromatic nitrogens is 2. The normalized spacial score (nSPS) is 16.8. The molecule has 0 spiro atoms. The first kappa shape index (κ1) is 14.5. The van der Waals surface area contributed by atoms with E-state index < -0.39 is 11.9 Å². The van der Waals surface area contributed by atoms with Crippen LogP contribution in [-0.2, 0) is 9.53 Å². The number of hydrogen-bond acceptors (Lipinski definition) is 6. The van der Waals surface area contributed by atoms with Gasteiger partial charge in [-0.15, -0.1) is 0 Å². The van der Waals surface area contributed by atoms with Crippen molar-refractivity contribution in [1.82, 2.24) is 9.97 Å². The van der Waals surface area contributed by atoms with Crippen LogP contribution in [0.3, 0.4) is 0 Å². The number of carbonyl (C=O) groups is 1. The van der Waals surface area contributed by atoms with Crippen molar-refractivity contribution in [3.8, 4) is 0 Å². The van der Waals surface area contributed by atoms with E-state index in [2.05, 4.69) is 14.9 Å². The van der Waals surface area contributed by atoms with E-state index in [0.29, 0.717) is 25.7 Å². The Bertz CT molecular complexity index is 463. The largest absolute Gasteiger partial charge is 0.481 e. The van der Waals surface area contributed by atoms with Gasteiger partial charge in [0.15, 0.2) is 0 Å². The summed E-state index contributed by atoms with van der Waals surface area (Å²) in [4.78, 5) is 23.6. The van der Waals surface area contributed by atoms with Crippen molar-refractivity contribution in [2.24, 2.45) is 5.92 Å². The second kappa shape index (κ2) is 6.51. The first-order valence-corrected chi connectivity index (χ1v) is 6.67. The standard InChI is InChI=1S/C13H20N4O3/c1-10(12(18)19)9-16(2)11-3-4-14-13(15-11)17-5-7-20-8-6-17/h3-4,10H,5-9H2,1-2H3,(H,18,19). The molecule has 7 nitrogen and oxygen atoms in total. The van der Waals surface area contributed by atoms with Crippen molar-refractivity contribution in [3.05, 3.63) is 12.3 Å². The quantitative estimate of drug-likeness (QED) is 0.840. The molecule has 1 fully saturated rings. The maximum absolute atomic E-state index is 10.9. The lowest BCUT2D eigenvalue weighted by atomic mass is 10.2. The number of rotatable bonds is 5. The molecule has 1 N–H and O–H groups in total. The fraction of sp³-hybridized carbons (Fsp3) is 0.615. The van der Waals surface area contributed by atoms with E-state index >= 15 is 0 Å². The van der Waals surface area contributed by atoms with Crippen molar-refractivity contribution in [1.29, 1.82) is 0 Å². The van der Waals surface area contributed by atoms with E-state index in [1.54, 1.807) is 19.2 Å². The number of hydrogen-bond donors (Lipinski definition) is 1. The summed E-state index contributed by atoms with van der Waals surface area (Å²) in [6.07, 6.45) is 1.70. The van der Waals surface area contributed by atoms with Crippen molar-refractivity contribution in [2.45, 2.75) is 6.92 Å². The molecule has 7 heteroatoms. The van der Waals surface area contributed by atoms with Crippen LogP contribution in [-0.4, -0.2) is 60.9 Å². The summed E-state index contributed by atoms with van der Waals surface area (Å²) < 4.78 is 5.30. The van der Waals surface area contributed by atoms with Crippen LogP contribution in [0.1, 0.15) is 6.92 Å². The second-order valence-corrected chi connectivity index (χ2v) is 4.93. The molecule has 2 rings (SSSR count). The molecule has 0 aliphatic carbocycles. The minimum Gasteiger partial charge on any atom is -0.481 e. The fourth-order valence-electron chi connectivity index (χ4n) is 2.05. The topological polar surface area (TPSA) is 78.8 Å². The molecule has 20 heavy (non-hydrogen) atoms. The molecule has 0 aromatic carbocycles. The summed E-state index contributed by atoms with van der Waals surface area (Å²) in [6, 6.07) is 1.79. The Morgan fingerprint density at radius 3 is 2.90 bits per heavy atom. The Hall–Kier alpha value is -1.89. The van der Waals surface area contributed by atoms with Gasteiger partial charge in [0.2, 0.25) is 5.95 Å². The monoisotopic (exact) mass is 280 g/mol. The zero-order valence-electron chi connectivity index (χ0n) is 11.8. The lowest BCUT2D eigenvalue weighted by Gasteiger charge is -2.28. The highest BCUT2D eigenvalue weighted by Gasteiger charge is 2.17. The minimum absolute atomic E-state index is 0.412. The predicted octanol–water partition coefficient (Wildman–Crippen LogP) is 0.470. The Morgan fingerprint density at radius 1 is 1.55 bits per heavy atom. The first-order chi connectivity index (χ1) is 9.58. The van der Waals surface area contributed by atoms with Crippen molar-refractivity contribution < 1.29 is 14.6 Å². The molecule has 1 unspecified atom stereocenters. The van der Waals surface area contributed by atoms with Crippen LogP contribution in [0.25, 0.3) is 0 Å². The van der Waals surface area contributed by atoms with Gasteiger partial charge in [-0.3, -0.25) is 4.79 Å². The Kier molecular flexibility index (Phi) is 4.73. The number of morpholine rings is 1. The van der Waals surface area contributed by atoms with E-state index in [9.17, 15) is 4.79 Å². The first-order valence-electron chi connectivity index (χ1n) is 6.67. The van der Waals surface area contributed by atoms with Crippen LogP contribution < -0.4 is 9.80 Å². The highest BCUT2D eigenvalue weighted by atomic mass is 16.5. The van der Waals surface area contributed by atoms with Crippen LogP contribution >= 0.6 is 0 Å². The highest BCUT2D eigenvalue weighted by Crippen LogP contribution is 2.16. The molecule has 1 aliphatic rings. The molecule has 0 amide bonds. The number of ether oxygens (including phenoxy) is 1. The Morgan fingerprint density at radius 2 is 2.25 bits per heavy atom. The van der Waals surface area contributed by atoms with Crippen molar-refractivity contribution >= 4 is 17.7 Å². The maximum Gasteiger partial charge on any atom is 0.308 e. The number of aliphatic carboxylic acids is 1. The van der Waals surface area contributed by atoms with Gasteiger partial charge in [0.05, 0.1) is 19.1 Å².